The Balaban J connectivity index is 1.23. The number of thiazole rings is 1. The number of thiophene rings is 1. The van der Waals surface area contributed by atoms with Crippen LogP contribution in [0.25, 0.3) is 10.2 Å². The van der Waals surface area contributed by atoms with Gasteiger partial charge in [-0.05, 0) is 56.9 Å². The number of benzene rings is 1. The minimum atomic E-state index is -0.147. The molecule has 9 heteroatoms. The number of carbonyl (C=O) groups is 1. The first kappa shape index (κ1) is 20.6. The average Bonchev–Trinajstić information content (AvgIpc) is 3.30. The van der Waals surface area contributed by atoms with Gasteiger partial charge in [0.1, 0.15) is 10.7 Å². The number of fused-ring (bicyclic) bond motifs is 2. The van der Waals surface area contributed by atoms with Crippen molar-refractivity contribution in [2.45, 2.75) is 46.0 Å². The summed E-state index contributed by atoms with van der Waals surface area (Å²) in [4.78, 5) is 29.9. The monoisotopic (exact) mass is 478 g/mol. The lowest BCUT2D eigenvalue weighted by Gasteiger charge is -2.02. The topological polar surface area (TPSA) is 86.2 Å². The summed E-state index contributed by atoms with van der Waals surface area (Å²) in [6.45, 7) is 6.21. The van der Waals surface area contributed by atoms with E-state index in [0.29, 0.717) is 15.9 Å². The van der Waals surface area contributed by atoms with Gasteiger partial charge in [0.25, 0.3) is 5.91 Å². The van der Waals surface area contributed by atoms with Crippen molar-refractivity contribution in [2.24, 2.45) is 0 Å². The molecule has 1 aromatic carbocycles. The minimum Gasteiger partial charge on any atom is -0.454 e. The first-order chi connectivity index (χ1) is 16.0. The molecule has 6 rings (SSSR count). The number of anilines is 1. The SMILES string of the molecule is Cc1nc(NC(=O)c2sc3nc(C4CC4)nc(C)c3c2C)sc1Cc1ccc2c(c1)OCO2. The van der Waals surface area contributed by atoms with Crippen LogP contribution in [0, 0.1) is 20.8 Å². The fourth-order valence-corrected chi connectivity index (χ4v) is 6.26. The fraction of sp³-hybridized carbons (Fsp3) is 0.333. The van der Waals surface area contributed by atoms with Crippen molar-refractivity contribution in [1.82, 2.24) is 15.0 Å². The zero-order valence-corrected chi connectivity index (χ0v) is 20.2. The number of carbonyl (C=O) groups excluding carboxylic acids is 1. The van der Waals surface area contributed by atoms with E-state index in [2.05, 4.69) is 10.3 Å². The van der Waals surface area contributed by atoms with Gasteiger partial charge >= 0.3 is 0 Å². The van der Waals surface area contributed by atoms with E-state index >= 15 is 0 Å². The van der Waals surface area contributed by atoms with Crippen molar-refractivity contribution < 1.29 is 14.3 Å². The zero-order chi connectivity index (χ0) is 22.7. The van der Waals surface area contributed by atoms with Crippen LogP contribution in [0.15, 0.2) is 18.2 Å². The van der Waals surface area contributed by atoms with Gasteiger partial charge < -0.3 is 9.47 Å². The average molecular weight is 479 g/mol. The Labute approximate surface area is 198 Å². The van der Waals surface area contributed by atoms with Gasteiger partial charge in [-0.25, -0.2) is 15.0 Å². The molecule has 0 radical (unpaired) electrons. The standard InChI is InChI=1S/C24H22N4O3S2/c1-11-19-13(3)25-21(15-5-6-15)27-23(19)33-20(11)22(29)28-24-26-12(2)18(32-24)9-14-4-7-16-17(8-14)31-10-30-16/h4,7-8,15H,5-6,9-10H2,1-3H3,(H,26,28,29). The van der Waals surface area contributed by atoms with Crippen molar-refractivity contribution in [2.75, 3.05) is 12.1 Å². The van der Waals surface area contributed by atoms with Crippen LogP contribution in [-0.4, -0.2) is 27.7 Å². The van der Waals surface area contributed by atoms with E-state index in [4.69, 9.17) is 19.4 Å². The van der Waals surface area contributed by atoms with Crippen molar-refractivity contribution in [3.63, 3.8) is 0 Å². The summed E-state index contributed by atoms with van der Waals surface area (Å²) in [5.74, 6) is 2.79. The van der Waals surface area contributed by atoms with Crippen LogP contribution < -0.4 is 14.8 Å². The van der Waals surface area contributed by atoms with Crippen LogP contribution in [0.4, 0.5) is 5.13 Å². The molecule has 0 atom stereocenters. The fourth-order valence-electron chi connectivity index (χ4n) is 4.14. The van der Waals surface area contributed by atoms with E-state index < -0.39 is 0 Å². The molecule has 1 fully saturated rings. The quantitative estimate of drug-likeness (QED) is 0.406. The Bertz CT molecular complexity index is 1420. The maximum Gasteiger partial charge on any atom is 0.267 e. The third kappa shape index (κ3) is 3.75. The van der Waals surface area contributed by atoms with Gasteiger partial charge in [-0.15, -0.1) is 22.7 Å². The molecule has 33 heavy (non-hydrogen) atoms. The summed E-state index contributed by atoms with van der Waals surface area (Å²) in [6.07, 6.45) is 3.03. The molecule has 1 N–H and O–H groups in total. The maximum atomic E-state index is 13.1. The highest BCUT2D eigenvalue weighted by molar-refractivity contribution is 7.21. The molecule has 1 saturated carbocycles. The van der Waals surface area contributed by atoms with E-state index in [1.807, 2.05) is 39.0 Å². The minimum absolute atomic E-state index is 0.147. The van der Waals surface area contributed by atoms with Gasteiger partial charge in [-0.3, -0.25) is 10.1 Å². The number of amides is 1. The highest BCUT2D eigenvalue weighted by Gasteiger charge is 2.28. The molecule has 1 amide bonds. The molecular weight excluding hydrogens is 456 g/mol. The molecule has 7 nitrogen and oxygen atoms in total. The van der Waals surface area contributed by atoms with Crippen LogP contribution in [0.2, 0.25) is 0 Å². The highest BCUT2D eigenvalue weighted by atomic mass is 32.1. The van der Waals surface area contributed by atoms with Crippen LogP contribution in [0.3, 0.4) is 0 Å². The van der Waals surface area contributed by atoms with Crippen LogP contribution >= 0.6 is 22.7 Å². The Morgan fingerprint density at radius 1 is 1.06 bits per heavy atom. The van der Waals surface area contributed by atoms with E-state index in [-0.39, 0.29) is 12.7 Å². The summed E-state index contributed by atoms with van der Waals surface area (Å²) in [6, 6.07) is 5.96. The molecule has 0 spiro atoms. The third-order valence-electron chi connectivity index (χ3n) is 6.05. The normalized spacial score (nSPS) is 14.8. The Morgan fingerprint density at radius 3 is 2.70 bits per heavy atom. The first-order valence-corrected chi connectivity index (χ1v) is 12.5. The number of nitrogens with one attached hydrogen (secondary N) is 1. The van der Waals surface area contributed by atoms with Crippen molar-refractivity contribution >= 4 is 43.9 Å². The molecule has 168 valence electrons. The molecular formula is C24H22N4O3S2. The number of aryl methyl sites for hydroxylation is 3. The Hall–Kier alpha value is -3.04. The van der Waals surface area contributed by atoms with Gasteiger partial charge in [-0.1, -0.05) is 6.07 Å². The van der Waals surface area contributed by atoms with E-state index in [1.54, 1.807) is 0 Å². The molecule has 0 saturated heterocycles. The second-order valence-corrected chi connectivity index (χ2v) is 10.6. The number of nitrogens with zero attached hydrogens (tertiary/aromatic N) is 3. The number of rotatable bonds is 5. The summed E-state index contributed by atoms with van der Waals surface area (Å²) < 4.78 is 10.9. The smallest absolute Gasteiger partial charge is 0.267 e. The van der Waals surface area contributed by atoms with Crippen LogP contribution in [0.1, 0.15) is 61.6 Å². The zero-order valence-electron chi connectivity index (χ0n) is 18.5. The highest BCUT2D eigenvalue weighted by Crippen LogP contribution is 2.41. The number of hydrogen-bond acceptors (Lipinski definition) is 8. The van der Waals surface area contributed by atoms with Crippen LogP contribution in [-0.2, 0) is 6.42 Å². The van der Waals surface area contributed by atoms with Gasteiger partial charge in [0, 0.05) is 22.6 Å². The predicted octanol–water partition coefficient (Wildman–Crippen LogP) is 5.52. The number of hydrogen-bond donors (Lipinski definition) is 1. The van der Waals surface area contributed by atoms with Gasteiger partial charge in [0.2, 0.25) is 6.79 Å². The largest absolute Gasteiger partial charge is 0.454 e. The number of aromatic nitrogens is 3. The lowest BCUT2D eigenvalue weighted by molar-refractivity contribution is 0.103. The molecule has 1 aliphatic heterocycles. The second-order valence-electron chi connectivity index (χ2n) is 8.52. The van der Waals surface area contributed by atoms with E-state index in [0.717, 1.165) is 74.2 Å². The number of ether oxygens (including phenoxy) is 2. The molecule has 1 aliphatic carbocycles. The van der Waals surface area contributed by atoms with Crippen molar-refractivity contribution in [3.05, 3.63) is 56.3 Å². The molecule has 4 heterocycles. The van der Waals surface area contributed by atoms with Gasteiger partial charge in [0.15, 0.2) is 16.6 Å². The van der Waals surface area contributed by atoms with Gasteiger partial charge in [0.05, 0.1) is 16.3 Å². The van der Waals surface area contributed by atoms with Crippen molar-refractivity contribution in [1.29, 1.82) is 0 Å². The van der Waals surface area contributed by atoms with E-state index in [1.165, 1.54) is 22.7 Å². The lowest BCUT2D eigenvalue weighted by Crippen LogP contribution is -2.11. The lowest BCUT2D eigenvalue weighted by atomic mass is 10.1. The first-order valence-electron chi connectivity index (χ1n) is 10.9. The van der Waals surface area contributed by atoms with Crippen LogP contribution in [0.5, 0.6) is 11.5 Å². The molecule has 4 aromatic rings. The Morgan fingerprint density at radius 2 is 1.88 bits per heavy atom. The summed E-state index contributed by atoms with van der Waals surface area (Å²) in [7, 11) is 0. The Kier molecular flexibility index (Phi) is 4.84. The van der Waals surface area contributed by atoms with E-state index in [9.17, 15) is 4.79 Å². The van der Waals surface area contributed by atoms with Crippen molar-refractivity contribution in [3.8, 4) is 11.5 Å². The summed E-state index contributed by atoms with van der Waals surface area (Å²) in [5.41, 5.74) is 3.91. The summed E-state index contributed by atoms with van der Waals surface area (Å²) >= 11 is 2.94. The summed E-state index contributed by atoms with van der Waals surface area (Å²) in [5, 5.41) is 4.60. The van der Waals surface area contributed by atoms with Gasteiger partial charge in [-0.2, -0.15) is 0 Å². The maximum absolute atomic E-state index is 13.1. The molecule has 0 bridgehead atoms. The molecule has 2 aliphatic rings. The second kappa shape index (κ2) is 7.78. The predicted molar refractivity (Wildman–Crippen MR) is 129 cm³/mol. The third-order valence-corrected chi connectivity index (χ3v) is 8.31. The molecule has 0 unspecified atom stereocenters. The molecule has 3 aromatic heterocycles.